The topological polar surface area (TPSA) is 92.5 Å². The van der Waals surface area contributed by atoms with Crippen LogP contribution in [0.25, 0.3) is 0 Å². The molecule has 0 bridgehead atoms. The van der Waals surface area contributed by atoms with Crippen molar-refractivity contribution >= 4 is 11.6 Å². The Balaban J connectivity index is 2.43. The van der Waals surface area contributed by atoms with Gasteiger partial charge in [0.05, 0.1) is 4.92 Å². The van der Waals surface area contributed by atoms with E-state index in [1.165, 1.54) is 12.1 Å². The summed E-state index contributed by atoms with van der Waals surface area (Å²) in [6.07, 6.45) is 1.38. The van der Waals surface area contributed by atoms with E-state index in [0.29, 0.717) is 19.4 Å². The number of hydrogen-bond acceptors (Lipinski definition) is 4. The summed E-state index contributed by atoms with van der Waals surface area (Å²) in [6.45, 7) is 4.55. The lowest BCUT2D eigenvalue weighted by Gasteiger charge is -2.23. The highest BCUT2D eigenvalue weighted by Crippen LogP contribution is 2.18. The first-order valence-corrected chi connectivity index (χ1v) is 6.95. The fraction of sp³-hybridized carbons (Fsp3) is 0.533. The van der Waals surface area contributed by atoms with E-state index in [4.69, 9.17) is 5.11 Å². The number of rotatable bonds is 8. The largest absolute Gasteiger partial charge is 0.396 e. The second kappa shape index (κ2) is 7.73. The molecule has 1 aromatic carbocycles. The molecule has 0 aromatic heterocycles. The summed E-state index contributed by atoms with van der Waals surface area (Å²) in [6, 6.07) is 6.32. The standard InChI is InChI=1S/C15H22N2O4/c1-15(2,8-9-18)11-16-14(19)7-6-12-4-3-5-13(10-12)17(20)21/h3-5,10,18H,6-9,11H2,1-2H3,(H,16,19). The third-order valence-electron chi connectivity index (χ3n) is 3.31. The zero-order valence-corrected chi connectivity index (χ0v) is 12.5. The molecule has 1 amide bonds. The lowest BCUT2D eigenvalue weighted by molar-refractivity contribution is -0.384. The summed E-state index contributed by atoms with van der Waals surface area (Å²) in [5.41, 5.74) is 0.668. The van der Waals surface area contributed by atoms with Gasteiger partial charge in [0, 0.05) is 31.7 Å². The molecule has 1 aromatic rings. The van der Waals surface area contributed by atoms with E-state index in [1.54, 1.807) is 12.1 Å². The molecule has 0 aliphatic rings. The number of nitrogens with one attached hydrogen (secondary N) is 1. The highest BCUT2D eigenvalue weighted by molar-refractivity contribution is 5.76. The fourth-order valence-electron chi connectivity index (χ4n) is 1.90. The number of nitrogens with zero attached hydrogens (tertiary/aromatic N) is 1. The van der Waals surface area contributed by atoms with Crippen LogP contribution < -0.4 is 5.32 Å². The van der Waals surface area contributed by atoms with Crippen LogP contribution in [0.1, 0.15) is 32.3 Å². The summed E-state index contributed by atoms with van der Waals surface area (Å²) >= 11 is 0. The molecule has 6 nitrogen and oxygen atoms in total. The first-order chi connectivity index (χ1) is 9.84. The van der Waals surface area contributed by atoms with Crippen LogP contribution in [0.4, 0.5) is 5.69 Å². The average molecular weight is 294 g/mol. The van der Waals surface area contributed by atoms with Gasteiger partial charge < -0.3 is 10.4 Å². The number of hydrogen-bond donors (Lipinski definition) is 2. The zero-order valence-electron chi connectivity index (χ0n) is 12.5. The molecule has 1 rings (SSSR count). The van der Waals surface area contributed by atoms with Gasteiger partial charge in [0.1, 0.15) is 0 Å². The van der Waals surface area contributed by atoms with Gasteiger partial charge >= 0.3 is 0 Å². The van der Waals surface area contributed by atoms with Crippen molar-refractivity contribution in [2.45, 2.75) is 33.1 Å². The third-order valence-corrected chi connectivity index (χ3v) is 3.31. The van der Waals surface area contributed by atoms with Crippen molar-refractivity contribution in [1.82, 2.24) is 5.32 Å². The van der Waals surface area contributed by atoms with Gasteiger partial charge in [-0.25, -0.2) is 0 Å². The predicted octanol–water partition coefficient (Wildman–Crippen LogP) is 2.05. The SMILES string of the molecule is CC(C)(CCO)CNC(=O)CCc1cccc([N+](=O)[O-])c1. The molecule has 0 unspecified atom stereocenters. The highest BCUT2D eigenvalue weighted by atomic mass is 16.6. The molecule has 0 fully saturated rings. The normalized spacial score (nSPS) is 11.2. The van der Waals surface area contributed by atoms with Gasteiger partial charge in [-0.1, -0.05) is 26.0 Å². The summed E-state index contributed by atoms with van der Waals surface area (Å²) in [5.74, 6) is -0.0903. The minimum Gasteiger partial charge on any atom is -0.396 e. The van der Waals surface area contributed by atoms with E-state index in [2.05, 4.69) is 5.32 Å². The molecule has 0 radical (unpaired) electrons. The minimum atomic E-state index is -0.443. The van der Waals surface area contributed by atoms with E-state index in [1.807, 2.05) is 13.8 Å². The Morgan fingerprint density at radius 2 is 2.14 bits per heavy atom. The van der Waals surface area contributed by atoms with Gasteiger partial charge in [0.15, 0.2) is 0 Å². The van der Waals surface area contributed by atoms with E-state index < -0.39 is 4.92 Å². The number of benzene rings is 1. The molecule has 0 saturated heterocycles. The molecule has 0 saturated carbocycles. The quantitative estimate of drug-likeness (QED) is 0.567. The Labute approximate surface area is 124 Å². The van der Waals surface area contributed by atoms with Crippen LogP contribution in [0.2, 0.25) is 0 Å². The Morgan fingerprint density at radius 1 is 1.43 bits per heavy atom. The number of carbonyl (C=O) groups excluding carboxylic acids is 1. The predicted molar refractivity (Wildman–Crippen MR) is 79.9 cm³/mol. The van der Waals surface area contributed by atoms with Crippen LogP contribution in [-0.4, -0.2) is 29.1 Å². The van der Waals surface area contributed by atoms with Gasteiger partial charge in [0.2, 0.25) is 5.91 Å². The molecule has 0 heterocycles. The van der Waals surface area contributed by atoms with Crippen molar-refractivity contribution in [3.05, 3.63) is 39.9 Å². The number of amides is 1. The van der Waals surface area contributed by atoms with Gasteiger partial charge in [-0.2, -0.15) is 0 Å². The van der Waals surface area contributed by atoms with Crippen LogP contribution in [0, 0.1) is 15.5 Å². The number of aliphatic hydroxyl groups excluding tert-OH is 1. The van der Waals surface area contributed by atoms with Crippen LogP contribution in [-0.2, 0) is 11.2 Å². The molecule has 0 aliphatic carbocycles. The summed E-state index contributed by atoms with van der Waals surface area (Å²) in [7, 11) is 0. The molecule has 0 atom stereocenters. The number of nitro groups is 1. The number of carbonyl (C=O) groups is 1. The van der Waals surface area contributed by atoms with Gasteiger partial charge in [-0.15, -0.1) is 0 Å². The highest BCUT2D eigenvalue weighted by Gasteiger charge is 2.18. The van der Waals surface area contributed by atoms with Crippen molar-refractivity contribution in [3.63, 3.8) is 0 Å². The summed E-state index contributed by atoms with van der Waals surface area (Å²) in [5, 5.41) is 22.4. The van der Waals surface area contributed by atoms with Crippen molar-refractivity contribution in [2.75, 3.05) is 13.2 Å². The van der Waals surface area contributed by atoms with Crippen LogP contribution in [0.5, 0.6) is 0 Å². The van der Waals surface area contributed by atoms with E-state index in [0.717, 1.165) is 5.56 Å². The Kier molecular flexibility index (Phi) is 6.30. The second-order valence-corrected chi connectivity index (χ2v) is 5.84. The van der Waals surface area contributed by atoms with Gasteiger partial charge in [-0.05, 0) is 23.8 Å². The molecule has 0 spiro atoms. The van der Waals surface area contributed by atoms with Crippen LogP contribution in [0.3, 0.4) is 0 Å². The summed E-state index contributed by atoms with van der Waals surface area (Å²) in [4.78, 5) is 22.0. The number of aliphatic hydroxyl groups is 1. The minimum absolute atomic E-state index is 0.0389. The Hall–Kier alpha value is -1.95. The molecule has 6 heteroatoms. The molecule has 2 N–H and O–H groups in total. The van der Waals surface area contributed by atoms with E-state index >= 15 is 0 Å². The van der Waals surface area contributed by atoms with Crippen molar-refractivity contribution in [1.29, 1.82) is 0 Å². The van der Waals surface area contributed by atoms with E-state index in [9.17, 15) is 14.9 Å². The average Bonchev–Trinajstić information content (AvgIpc) is 2.43. The van der Waals surface area contributed by atoms with E-state index in [-0.39, 0.29) is 30.0 Å². The molecular formula is C15H22N2O4. The lowest BCUT2D eigenvalue weighted by atomic mass is 9.90. The second-order valence-electron chi connectivity index (χ2n) is 5.84. The monoisotopic (exact) mass is 294 g/mol. The van der Waals surface area contributed by atoms with Crippen LogP contribution >= 0.6 is 0 Å². The molecule has 21 heavy (non-hydrogen) atoms. The number of non-ortho nitro benzene ring substituents is 1. The maximum Gasteiger partial charge on any atom is 0.269 e. The van der Waals surface area contributed by atoms with Gasteiger partial charge in [0.25, 0.3) is 5.69 Å². The molecule has 0 aliphatic heterocycles. The van der Waals surface area contributed by atoms with Gasteiger partial charge in [-0.3, -0.25) is 14.9 Å². The zero-order chi connectivity index (χ0) is 15.9. The van der Waals surface area contributed by atoms with Crippen molar-refractivity contribution in [3.8, 4) is 0 Å². The summed E-state index contributed by atoms with van der Waals surface area (Å²) < 4.78 is 0. The van der Waals surface area contributed by atoms with Crippen molar-refractivity contribution in [2.24, 2.45) is 5.41 Å². The number of aryl methyl sites for hydroxylation is 1. The fourth-order valence-corrected chi connectivity index (χ4v) is 1.90. The smallest absolute Gasteiger partial charge is 0.269 e. The van der Waals surface area contributed by atoms with Crippen LogP contribution in [0.15, 0.2) is 24.3 Å². The first-order valence-electron chi connectivity index (χ1n) is 6.95. The third kappa shape index (κ3) is 6.35. The molecular weight excluding hydrogens is 272 g/mol. The molecule has 116 valence electrons. The number of nitro benzene ring substituents is 1. The first kappa shape index (κ1) is 17.1. The Bertz CT molecular complexity index is 500. The maximum atomic E-state index is 11.8. The maximum absolute atomic E-state index is 11.8. The Morgan fingerprint density at radius 3 is 2.76 bits per heavy atom. The van der Waals surface area contributed by atoms with Crippen molar-refractivity contribution < 1.29 is 14.8 Å². The lowest BCUT2D eigenvalue weighted by Crippen LogP contribution is -2.34.